The van der Waals surface area contributed by atoms with Gasteiger partial charge in [-0.15, -0.1) is 0 Å². The van der Waals surface area contributed by atoms with Crippen LogP contribution in [0.3, 0.4) is 0 Å². The molecule has 5 rings (SSSR count). The number of anilines is 1. The van der Waals surface area contributed by atoms with E-state index in [2.05, 4.69) is 22.0 Å². The van der Waals surface area contributed by atoms with Gasteiger partial charge in [-0.1, -0.05) is 20.4 Å². The van der Waals surface area contributed by atoms with Crippen molar-refractivity contribution in [1.29, 1.82) is 0 Å². The van der Waals surface area contributed by atoms with Crippen LogP contribution in [0.4, 0.5) is 19.0 Å². The molecule has 10 heteroatoms. The summed E-state index contributed by atoms with van der Waals surface area (Å²) in [7, 11) is 0. The minimum atomic E-state index is -2.70. The fourth-order valence-corrected chi connectivity index (χ4v) is 3.99. The fraction of sp³-hybridized carbons (Fsp3) is 0.391. The van der Waals surface area contributed by atoms with E-state index in [1.165, 1.54) is 27.6 Å². The summed E-state index contributed by atoms with van der Waals surface area (Å²) >= 11 is 0. The van der Waals surface area contributed by atoms with Crippen molar-refractivity contribution in [1.82, 2.24) is 19.9 Å². The summed E-state index contributed by atoms with van der Waals surface area (Å²) in [5, 5.41) is 7.63. The molecule has 2 aliphatic rings. The van der Waals surface area contributed by atoms with E-state index in [0.717, 1.165) is 0 Å². The summed E-state index contributed by atoms with van der Waals surface area (Å²) < 4.78 is 55.4. The van der Waals surface area contributed by atoms with Gasteiger partial charge in [0.2, 0.25) is 0 Å². The monoisotopic (exact) mass is 459 g/mol. The third kappa shape index (κ3) is 3.94. The molecule has 1 atom stereocenters. The molecular weight excluding hydrogens is 435 g/mol. The number of nitrogens with zero attached hydrogens (tertiary/aromatic N) is 4. The minimum Gasteiger partial charge on any atom is -0.493 e. The summed E-state index contributed by atoms with van der Waals surface area (Å²) in [5.41, 5.74) is 1.86. The average molecular weight is 459 g/mol. The molecule has 2 bridgehead atoms. The van der Waals surface area contributed by atoms with Gasteiger partial charge in [0, 0.05) is 29.8 Å². The van der Waals surface area contributed by atoms with Crippen LogP contribution in [0.25, 0.3) is 11.3 Å². The Morgan fingerprint density at radius 1 is 1.24 bits per heavy atom. The van der Waals surface area contributed by atoms with Crippen molar-refractivity contribution in [3.05, 3.63) is 54.1 Å². The zero-order valence-corrected chi connectivity index (χ0v) is 18.3. The van der Waals surface area contributed by atoms with Crippen molar-refractivity contribution >= 4 is 17.2 Å². The molecule has 0 aliphatic carbocycles. The zero-order valence-electron chi connectivity index (χ0n) is 18.3. The molecule has 1 aromatic carbocycles. The lowest BCUT2D eigenvalue weighted by atomic mass is 9.94. The number of fused-ring (bicyclic) bond motifs is 1. The van der Waals surface area contributed by atoms with Gasteiger partial charge < -0.3 is 19.7 Å². The van der Waals surface area contributed by atoms with E-state index >= 15 is 0 Å². The normalized spacial score (nSPS) is 20.1. The lowest BCUT2D eigenvalue weighted by molar-refractivity contribution is 0.0766. The highest BCUT2D eigenvalue weighted by Gasteiger charge is 2.37. The van der Waals surface area contributed by atoms with Gasteiger partial charge in [0.05, 0.1) is 24.6 Å². The second-order valence-electron chi connectivity index (χ2n) is 9.13. The molecule has 0 saturated carbocycles. The van der Waals surface area contributed by atoms with E-state index in [9.17, 15) is 13.2 Å². The quantitative estimate of drug-likeness (QED) is 0.596. The second kappa shape index (κ2) is 7.86. The molecule has 7 nitrogen and oxygen atoms in total. The smallest absolute Gasteiger partial charge is 0.261 e. The SMILES string of the molecule is C=C1NCC(C)(C)COc2ccc(F)cc2CN2c3nc4c1cnn4cc3OC[C@H]2C(F)F. The van der Waals surface area contributed by atoms with Gasteiger partial charge in [-0.05, 0) is 18.2 Å². The molecular formula is C23H24F3N5O2. The molecule has 0 fully saturated rings. The number of ether oxygens (including phenoxy) is 2. The topological polar surface area (TPSA) is 63.9 Å². The molecule has 3 aromatic rings. The first-order chi connectivity index (χ1) is 15.7. The van der Waals surface area contributed by atoms with Crippen LogP contribution in [0.2, 0.25) is 0 Å². The molecule has 4 heterocycles. The third-order valence-electron chi connectivity index (χ3n) is 5.90. The largest absolute Gasteiger partial charge is 0.493 e. The van der Waals surface area contributed by atoms with Crippen molar-refractivity contribution in [2.24, 2.45) is 5.41 Å². The number of benzene rings is 1. The van der Waals surface area contributed by atoms with Crippen LogP contribution in [0.15, 0.2) is 37.2 Å². The highest BCUT2D eigenvalue weighted by atomic mass is 19.3. The number of hydrogen-bond acceptors (Lipinski definition) is 6. The summed E-state index contributed by atoms with van der Waals surface area (Å²) in [6.07, 6.45) is 0.535. The number of aromatic nitrogens is 3. The van der Waals surface area contributed by atoms with Crippen LogP contribution in [0.5, 0.6) is 11.5 Å². The third-order valence-corrected chi connectivity index (χ3v) is 5.90. The standard InChI is InChI=1S/C23H24F3N5O2/c1-13-16-7-28-31-9-19-22(29-21(16)31)30(17(10-32-19)20(25)26)8-14-6-15(24)4-5-18(14)33-12-23(2,3)11-27-13/h4-7,9,17,20,27H,1,8,10-12H2,2-3H3/t17-/m0/s1. The number of hydrogen-bond donors (Lipinski definition) is 1. The predicted molar refractivity (Wildman–Crippen MR) is 117 cm³/mol. The molecule has 2 aromatic heterocycles. The number of halogens is 3. The van der Waals surface area contributed by atoms with Gasteiger partial charge in [0.25, 0.3) is 6.43 Å². The Kier molecular flexibility index (Phi) is 5.10. The Hall–Kier alpha value is -3.43. The first-order valence-electron chi connectivity index (χ1n) is 10.6. The Labute approximate surface area is 188 Å². The van der Waals surface area contributed by atoms with Crippen LogP contribution in [0, 0.1) is 11.2 Å². The second-order valence-corrected chi connectivity index (χ2v) is 9.13. The molecule has 1 N–H and O–H groups in total. The zero-order chi connectivity index (χ0) is 23.3. The van der Waals surface area contributed by atoms with Crippen LogP contribution < -0.4 is 19.7 Å². The molecule has 2 aliphatic heterocycles. The predicted octanol–water partition coefficient (Wildman–Crippen LogP) is 3.88. The Morgan fingerprint density at radius 2 is 2.06 bits per heavy atom. The van der Waals surface area contributed by atoms with Crippen LogP contribution in [0.1, 0.15) is 25.0 Å². The molecule has 33 heavy (non-hydrogen) atoms. The van der Waals surface area contributed by atoms with E-state index in [1.807, 2.05) is 13.8 Å². The summed E-state index contributed by atoms with van der Waals surface area (Å²) in [6.45, 7) is 8.77. The maximum absolute atomic E-state index is 14.2. The highest BCUT2D eigenvalue weighted by molar-refractivity contribution is 5.75. The first-order valence-corrected chi connectivity index (χ1v) is 10.6. The maximum Gasteiger partial charge on any atom is 0.261 e. The minimum absolute atomic E-state index is 0.0231. The van der Waals surface area contributed by atoms with Gasteiger partial charge in [-0.25, -0.2) is 22.7 Å². The van der Waals surface area contributed by atoms with E-state index in [4.69, 9.17) is 9.47 Å². The molecule has 174 valence electrons. The van der Waals surface area contributed by atoms with Crippen molar-refractivity contribution in [2.75, 3.05) is 24.7 Å². The maximum atomic E-state index is 14.2. The van der Waals surface area contributed by atoms with E-state index in [0.29, 0.717) is 47.1 Å². The molecule has 0 saturated heterocycles. The Morgan fingerprint density at radius 3 is 2.85 bits per heavy atom. The lowest BCUT2D eigenvalue weighted by Gasteiger charge is -2.37. The lowest BCUT2D eigenvalue weighted by Crippen LogP contribution is -2.47. The van der Waals surface area contributed by atoms with Crippen molar-refractivity contribution in [3.63, 3.8) is 0 Å². The van der Waals surface area contributed by atoms with E-state index in [-0.39, 0.29) is 24.4 Å². The molecule has 0 radical (unpaired) electrons. The first kappa shape index (κ1) is 21.4. The van der Waals surface area contributed by atoms with Gasteiger partial charge in [-0.2, -0.15) is 5.10 Å². The highest BCUT2D eigenvalue weighted by Crippen LogP contribution is 2.37. The van der Waals surface area contributed by atoms with Crippen molar-refractivity contribution in [3.8, 4) is 11.5 Å². The van der Waals surface area contributed by atoms with Gasteiger partial charge in [0.15, 0.2) is 17.2 Å². The Bertz CT molecular complexity index is 1230. The van der Waals surface area contributed by atoms with Crippen molar-refractivity contribution in [2.45, 2.75) is 32.9 Å². The Balaban J connectivity index is 1.70. The summed E-state index contributed by atoms with van der Waals surface area (Å²) in [4.78, 5) is 6.11. The summed E-state index contributed by atoms with van der Waals surface area (Å²) in [6, 6.07) is 2.88. The number of alkyl halides is 2. The van der Waals surface area contributed by atoms with Crippen LogP contribution in [-0.4, -0.2) is 46.8 Å². The van der Waals surface area contributed by atoms with E-state index in [1.54, 1.807) is 12.4 Å². The van der Waals surface area contributed by atoms with Gasteiger partial charge >= 0.3 is 0 Å². The average Bonchev–Trinajstić information content (AvgIpc) is 3.18. The molecule has 0 amide bonds. The summed E-state index contributed by atoms with van der Waals surface area (Å²) in [5.74, 6) is 0.521. The van der Waals surface area contributed by atoms with Gasteiger partial charge in [0.1, 0.15) is 24.2 Å². The number of nitrogens with one attached hydrogen (secondary N) is 1. The van der Waals surface area contributed by atoms with Crippen LogP contribution in [-0.2, 0) is 6.54 Å². The molecule has 0 spiro atoms. The number of rotatable bonds is 1. The fourth-order valence-electron chi connectivity index (χ4n) is 3.99. The molecule has 0 unspecified atom stereocenters. The van der Waals surface area contributed by atoms with E-state index < -0.39 is 18.3 Å². The van der Waals surface area contributed by atoms with Gasteiger partial charge in [-0.3, -0.25) is 0 Å². The van der Waals surface area contributed by atoms with Crippen molar-refractivity contribution < 1.29 is 22.6 Å². The van der Waals surface area contributed by atoms with Crippen LogP contribution >= 0.6 is 0 Å².